The third-order valence-corrected chi connectivity index (χ3v) is 4.02. The molecule has 0 unspecified atom stereocenters. The molecule has 0 radical (unpaired) electrons. The molecule has 0 spiro atoms. The zero-order chi connectivity index (χ0) is 10.1. The molecule has 1 aromatic carbocycles. The Morgan fingerprint density at radius 3 is 2.79 bits per heavy atom. The summed E-state index contributed by atoms with van der Waals surface area (Å²) in [6.07, 6.45) is 0. The molecule has 1 heterocycles. The fourth-order valence-electron chi connectivity index (χ4n) is 1.55. The van der Waals surface area contributed by atoms with Gasteiger partial charge >= 0.3 is 0 Å². The van der Waals surface area contributed by atoms with Crippen LogP contribution in [0.25, 0.3) is 10.1 Å². The minimum atomic E-state index is 0.128. The van der Waals surface area contributed by atoms with Crippen LogP contribution in [0.15, 0.2) is 17.5 Å². The van der Waals surface area contributed by atoms with Crippen molar-refractivity contribution in [1.29, 1.82) is 0 Å². The van der Waals surface area contributed by atoms with Gasteiger partial charge in [0.15, 0.2) is 0 Å². The summed E-state index contributed by atoms with van der Waals surface area (Å²) in [5.41, 5.74) is 3.53. The van der Waals surface area contributed by atoms with Gasteiger partial charge in [-0.2, -0.15) is 0 Å². The zero-order valence-electron chi connectivity index (χ0n) is 7.88. The van der Waals surface area contributed by atoms with Gasteiger partial charge < -0.3 is 5.11 Å². The lowest BCUT2D eigenvalue weighted by atomic mass is 10.1. The molecule has 0 atom stereocenters. The molecule has 0 fully saturated rings. The average Bonchev–Trinajstić information content (AvgIpc) is 2.58. The van der Waals surface area contributed by atoms with Crippen molar-refractivity contribution >= 4 is 37.4 Å². The van der Waals surface area contributed by atoms with Crippen LogP contribution in [-0.2, 0) is 11.9 Å². The average molecular weight is 271 g/mol. The number of aliphatic hydroxyl groups is 1. The van der Waals surface area contributed by atoms with Crippen LogP contribution in [0.3, 0.4) is 0 Å². The highest BCUT2D eigenvalue weighted by molar-refractivity contribution is 9.08. The van der Waals surface area contributed by atoms with Gasteiger partial charge in [-0.25, -0.2) is 0 Å². The molecule has 3 heteroatoms. The van der Waals surface area contributed by atoms with E-state index in [-0.39, 0.29) is 6.61 Å². The first-order valence-corrected chi connectivity index (χ1v) is 6.42. The normalized spacial score (nSPS) is 11.1. The number of rotatable bonds is 2. The van der Waals surface area contributed by atoms with E-state index in [4.69, 9.17) is 5.11 Å². The van der Waals surface area contributed by atoms with Crippen LogP contribution in [0.5, 0.6) is 0 Å². The Kier molecular flexibility index (Phi) is 2.91. The van der Waals surface area contributed by atoms with Gasteiger partial charge in [0, 0.05) is 10.0 Å². The molecule has 1 nitrogen and oxygen atoms in total. The quantitative estimate of drug-likeness (QED) is 0.827. The maximum Gasteiger partial charge on any atom is 0.0684 e. The Hall–Kier alpha value is -0.380. The molecular weight excluding hydrogens is 260 g/mol. The summed E-state index contributed by atoms with van der Waals surface area (Å²) < 4.78 is 1.26. The van der Waals surface area contributed by atoms with Crippen LogP contribution in [0.4, 0.5) is 0 Å². The maximum atomic E-state index is 9.14. The Balaban J connectivity index is 2.69. The predicted molar refractivity (Wildman–Crippen MR) is 65.1 cm³/mol. The molecular formula is C11H11BrOS. The monoisotopic (exact) mass is 270 g/mol. The Bertz CT molecular complexity index is 462. The number of halogens is 1. The minimum Gasteiger partial charge on any atom is -0.392 e. The van der Waals surface area contributed by atoms with Crippen molar-refractivity contribution in [3.8, 4) is 0 Å². The molecule has 2 rings (SSSR count). The first-order valence-electron chi connectivity index (χ1n) is 4.42. The van der Waals surface area contributed by atoms with Gasteiger partial charge in [0.2, 0.25) is 0 Å². The van der Waals surface area contributed by atoms with Gasteiger partial charge in [-0.15, -0.1) is 11.3 Å². The third-order valence-electron chi connectivity index (χ3n) is 2.43. The predicted octanol–water partition coefficient (Wildman–Crippen LogP) is 3.60. The largest absolute Gasteiger partial charge is 0.392 e. The molecule has 1 aromatic heterocycles. The van der Waals surface area contributed by atoms with E-state index in [1.165, 1.54) is 21.2 Å². The second-order valence-corrected chi connectivity index (χ2v) is 4.80. The van der Waals surface area contributed by atoms with E-state index in [0.717, 1.165) is 10.9 Å². The molecule has 14 heavy (non-hydrogen) atoms. The van der Waals surface area contributed by atoms with Crippen LogP contribution in [0.1, 0.15) is 16.7 Å². The number of thiophene rings is 1. The number of benzene rings is 1. The SMILES string of the molecule is Cc1cc2c(CBr)csc2cc1CO. The first-order chi connectivity index (χ1) is 6.76. The number of hydrogen-bond donors (Lipinski definition) is 1. The molecule has 0 aliphatic rings. The smallest absolute Gasteiger partial charge is 0.0684 e. The van der Waals surface area contributed by atoms with Crippen LogP contribution < -0.4 is 0 Å². The van der Waals surface area contributed by atoms with Gasteiger partial charge in [0.25, 0.3) is 0 Å². The van der Waals surface area contributed by atoms with Gasteiger partial charge in [0.05, 0.1) is 6.61 Å². The Morgan fingerprint density at radius 1 is 1.36 bits per heavy atom. The third kappa shape index (κ3) is 1.60. The summed E-state index contributed by atoms with van der Waals surface area (Å²) in [4.78, 5) is 0. The molecule has 74 valence electrons. The van der Waals surface area contributed by atoms with E-state index in [9.17, 15) is 0 Å². The van der Waals surface area contributed by atoms with Crippen molar-refractivity contribution in [1.82, 2.24) is 0 Å². The first kappa shape index (κ1) is 10.1. The van der Waals surface area contributed by atoms with Gasteiger partial charge in [0.1, 0.15) is 0 Å². The fraction of sp³-hybridized carbons (Fsp3) is 0.273. The standard InChI is InChI=1S/C11H11BrOS/c1-7-2-10-9(4-12)6-14-11(10)3-8(7)5-13/h2-3,6,13H,4-5H2,1H3. The van der Waals surface area contributed by atoms with Crippen molar-refractivity contribution in [3.63, 3.8) is 0 Å². The van der Waals surface area contributed by atoms with E-state index < -0.39 is 0 Å². The lowest BCUT2D eigenvalue weighted by Gasteiger charge is -2.03. The number of fused-ring (bicyclic) bond motifs is 1. The lowest BCUT2D eigenvalue weighted by Crippen LogP contribution is -1.87. The Labute approximate surface area is 95.5 Å². The van der Waals surface area contributed by atoms with E-state index >= 15 is 0 Å². The molecule has 1 N–H and O–H groups in total. The summed E-state index contributed by atoms with van der Waals surface area (Å²) in [6.45, 7) is 2.17. The number of alkyl halides is 1. The highest BCUT2D eigenvalue weighted by atomic mass is 79.9. The molecule has 0 saturated carbocycles. The highest BCUT2D eigenvalue weighted by Gasteiger charge is 2.06. The van der Waals surface area contributed by atoms with E-state index in [2.05, 4.69) is 33.4 Å². The van der Waals surface area contributed by atoms with Crippen molar-refractivity contribution < 1.29 is 5.11 Å². The lowest BCUT2D eigenvalue weighted by molar-refractivity contribution is 0.281. The number of hydrogen-bond acceptors (Lipinski definition) is 2. The summed E-state index contributed by atoms with van der Waals surface area (Å²) in [6, 6.07) is 4.25. The van der Waals surface area contributed by atoms with E-state index in [0.29, 0.717) is 0 Å². The summed E-state index contributed by atoms with van der Waals surface area (Å²) in [5, 5.41) is 13.5. The maximum absolute atomic E-state index is 9.14. The highest BCUT2D eigenvalue weighted by Crippen LogP contribution is 2.30. The zero-order valence-corrected chi connectivity index (χ0v) is 10.3. The van der Waals surface area contributed by atoms with Gasteiger partial charge in [-0.1, -0.05) is 15.9 Å². The van der Waals surface area contributed by atoms with Crippen LogP contribution >= 0.6 is 27.3 Å². The second-order valence-electron chi connectivity index (χ2n) is 3.33. The molecule has 0 aliphatic carbocycles. The molecule has 0 bridgehead atoms. The fourth-order valence-corrected chi connectivity index (χ4v) is 3.24. The second kappa shape index (κ2) is 4.01. The van der Waals surface area contributed by atoms with Crippen molar-refractivity contribution in [2.24, 2.45) is 0 Å². The van der Waals surface area contributed by atoms with Crippen molar-refractivity contribution in [2.45, 2.75) is 18.9 Å². The minimum absolute atomic E-state index is 0.128. The van der Waals surface area contributed by atoms with Gasteiger partial charge in [-0.3, -0.25) is 0 Å². The van der Waals surface area contributed by atoms with Crippen molar-refractivity contribution in [2.75, 3.05) is 0 Å². The van der Waals surface area contributed by atoms with E-state index in [1.54, 1.807) is 11.3 Å². The number of aryl methyl sites for hydroxylation is 1. The number of aliphatic hydroxyl groups excluding tert-OH is 1. The van der Waals surface area contributed by atoms with Gasteiger partial charge in [-0.05, 0) is 46.5 Å². The molecule has 0 aliphatic heterocycles. The molecule has 0 saturated heterocycles. The van der Waals surface area contributed by atoms with Crippen LogP contribution in [0, 0.1) is 6.92 Å². The topological polar surface area (TPSA) is 20.2 Å². The molecule has 0 amide bonds. The summed E-state index contributed by atoms with van der Waals surface area (Å²) >= 11 is 5.21. The summed E-state index contributed by atoms with van der Waals surface area (Å²) in [5.74, 6) is 0. The summed E-state index contributed by atoms with van der Waals surface area (Å²) in [7, 11) is 0. The molecule has 2 aromatic rings. The van der Waals surface area contributed by atoms with Crippen LogP contribution in [-0.4, -0.2) is 5.11 Å². The van der Waals surface area contributed by atoms with E-state index in [1.807, 2.05) is 6.92 Å². The van der Waals surface area contributed by atoms with Crippen LogP contribution in [0.2, 0.25) is 0 Å². The Morgan fingerprint density at radius 2 is 2.14 bits per heavy atom. The van der Waals surface area contributed by atoms with Crippen molar-refractivity contribution in [3.05, 3.63) is 34.2 Å².